The molecule has 0 heterocycles. The fourth-order valence-electron chi connectivity index (χ4n) is 2.02. The number of para-hydroxylation sites is 1. The van der Waals surface area contributed by atoms with E-state index < -0.39 is 0 Å². The number of unbranched alkanes of at least 4 members (excludes halogenated alkanes) is 1. The summed E-state index contributed by atoms with van der Waals surface area (Å²) >= 11 is 0. The van der Waals surface area contributed by atoms with E-state index in [1.165, 1.54) is 31.5 Å². The van der Waals surface area contributed by atoms with E-state index >= 15 is 0 Å². The zero-order valence-electron chi connectivity index (χ0n) is 12.2. The normalized spacial score (nSPS) is 10.9. The fraction of sp³-hybridized carbons (Fsp3) is 0.625. The zero-order valence-corrected chi connectivity index (χ0v) is 12.2. The van der Waals surface area contributed by atoms with Crippen molar-refractivity contribution in [3.63, 3.8) is 0 Å². The molecule has 1 aromatic carbocycles. The molecule has 0 saturated heterocycles. The Morgan fingerprint density at radius 1 is 1.06 bits per heavy atom. The first kappa shape index (κ1) is 15.0. The van der Waals surface area contributed by atoms with E-state index in [1.54, 1.807) is 0 Å². The Morgan fingerprint density at radius 2 is 1.72 bits per heavy atom. The topological polar surface area (TPSA) is 15.3 Å². The van der Waals surface area contributed by atoms with Gasteiger partial charge in [0.25, 0.3) is 0 Å². The number of nitrogens with one attached hydrogen (secondary N) is 1. The van der Waals surface area contributed by atoms with Crippen LogP contribution in [0.1, 0.15) is 40.0 Å². The molecule has 0 atom stereocenters. The predicted molar refractivity (Wildman–Crippen MR) is 81.3 cm³/mol. The van der Waals surface area contributed by atoms with Crippen LogP contribution in [0.3, 0.4) is 0 Å². The highest BCUT2D eigenvalue weighted by molar-refractivity contribution is 5.45. The van der Waals surface area contributed by atoms with Gasteiger partial charge in [-0.25, -0.2) is 0 Å². The standard InChI is InChI=1S/C16H28N2/c1-4-5-13-18(14-9-12-17-15(2)3)16-10-7-6-8-11-16/h6-8,10-11,15,17H,4-5,9,12-14H2,1-3H3. The maximum atomic E-state index is 3.48. The number of rotatable bonds is 9. The van der Waals surface area contributed by atoms with Gasteiger partial charge in [-0.3, -0.25) is 0 Å². The van der Waals surface area contributed by atoms with Crippen molar-refractivity contribution in [3.05, 3.63) is 30.3 Å². The van der Waals surface area contributed by atoms with Gasteiger partial charge in [0.05, 0.1) is 0 Å². The largest absolute Gasteiger partial charge is 0.371 e. The van der Waals surface area contributed by atoms with Gasteiger partial charge in [0.1, 0.15) is 0 Å². The molecule has 0 bridgehead atoms. The van der Waals surface area contributed by atoms with E-state index in [-0.39, 0.29) is 0 Å². The van der Waals surface area contributed by atoms with Gasteiger partial charge in [0, 0.05) is 24.8 Å². The Labute approximate surface area is 112 Å². The first-order valence-electron chi connectivity index (χ1n) is 7.27. The molecule has 0 saturated carbocycles. The van der Waals surface area contributed by atoms with Crippen LogP contribution >= 0.6 is 0 Å². The van der Waals surface area contributed by atoms with Crippen LogP contribution in [-0.4, -0.2) is 25.7 Å². The first-order chi connectivity index (χ1) is 8.74. The van der Waals surface area contributed by atoms with Gasteiger partial charge in [-0.2, -0.15) is 0 Å². The van der Waals surface area contributed by atoms with Gasteiger partial charge < -0.3 is 10.2 Å². The lowest BCUT2D eigenvalue weighted by atomic mass is 10.2. The van der Waals surface area contributed by atoms with Gasteiger partial charge in [0.2, 0.25) is 0 Å². The monoisotopic (exact) mass is 248 g/mol. The highest BCUT2D eigenvalue weighted by Gasteiger charge is 2.04. The Hall–Kier alpha value is -1.02. The smallest absolute Gasteiger partial charge is 0.0366 e. The molecule has 0 amide bonds. The van der Waals surface area contributed by atoms with Crippen molar-refractivity contribution in [2.45, 2.75) is 46.1 Å². The van der Waals surface area contributed by atoms with Crippen molar-refractivity contribution >= 4 is 5.69 Å². The molecule has 1 N–H and O–H groups in total. The van der Waals surface area contributed by atoms with Crippen LogP contribution in [0, 0.1) is 0 Å². The van der Waals surface area contributed by atoms with Gasteiger partial charge in [-0.15, -0.1) is 0 Å². The molecule has 102 valence electrons. The molecule has 0 aliphatic heterocycles. The SMILES string of the molecule is CCCCN(CCCNC(C)C)c1ccccc1. The van der Waals surface area contributed by atoms with Gasteiger partial charge in [0.15, 0.2) is 0 Å². The van der Waals surface area contributed by atoms with Gasteiger partial charge in [-0.1, -0.05) is 45.4 Å². The van der Waals surface area contributed by atoms with Crippen molar-refractivity contribution in [2.75, 3.05) is 24.5 Å². The molecule has 0 spiro atoms. The average molecular weight is 248 g/mol. The zero-order chi connectivity index (χ0) is 13.2. The molecule has 0 aliphatic carbocycles. The molecule has 0 aliphatic rings. The Bertz CT molecular complexity index is 295. The summed E-state index contributed by atoms with van der Waals surface area (Å²) in [6.07, 6.45) is 3.73. The van der Waals surface area contributed by atoms with Crippen molar-refractivity contribution in [2.24, 2.45) is 0 Å². The van der Waals surface area contributed by atoms with Crippen LogP contribution in [0.25, 0.3) is 0 Å². The van der Waals surface area contributed by atoms with Crippen LogP contribution in [0.2, 0.25) is 0 Å². The van der Waals surface area contributed by atoms with E-state index in [9.17, 15) is 0 Å². The lowest BCUT2D eigenvalue weighted by Gasteiger charge is -2.25. The molecule has 2 nitrogen and oxygen atoms in total. The fourth-order valence-corrected chi connectivity index (χ4v) is 2.02. The molecule has 0 fully saturated rings. The summed E-state index contributed by atoms with van der Waals surface area (Å²) < 4.78 is 0. The van der Waals surface area contributed by atoms with E-state index in [0.717, 1.165) is 13.1 Å². The molecule has 0 unspecified atom stereocenters. The maximum absolute atomic E-state index is 3.48. The van der Waals surface area contributed by atoms with Gasteiger partial charge in [-0.05, 0) is 31.5 Å². The third-order valence-electron chi connectivity index (χ3n) is 3.06. The van der Waals surface area contributed by atoms with Crippen LogP contribution in [0.4, 0.5) is 5.69 Å². The first-order valence-corrected chi connectivity index (χ1v) is 7.27. The molecular weight excluding hydrogens is 220 g/mol. The summed E-state index contributed by atoms with van der Waals surface area (Å²) in [4.78, 5) is 2.51. The molecule has 0 aromatic heterocycles. The summed E-state index contributed by atoms with van der Waals surface area (Å²) in [5.41, 5.74) is 1.36. The molecule has 1 rings (SSSR count). The van der Waals surface area contributed by atoms with Crippen molar-refractivity contribution < 1.29 is 0 Å². The van der Waals surface area contributed by atoms with E-state index in [2.05, 4.69) is 61.3 Å². The van der Waals surface area contributed by atoms with Crippen molar-refractivity contribution in [3.8, 4) is 0 Å². The Balaban J connectivity index is 2.41. The van der Waals surface area contributed by atoms with E-state index in [1.807, 2.05) is 0 Å². The lowest BCUT2D eigenvalue weighted by Crippen LogP contribution is -2.30. The second-order valence-electron chi connectivity index (χ2n) is 5.14. The Morgan fingerprint density at radius 3 is 2.33 bits per heavy atom. The number of benzene rings is 1. The quantitative estimate of drug-likeness (QED) is 0.671. The van der Waals surface area contributed by atoms with E-state index in [0.29, 0.717) is 6.04 Å². The number of hydrogen-bond acceptors (Lipinski definition) is 2. The minimum atomic E-state index is 0.589. The third-order valence-corrected chi connectivity index (χ3v) is 3.06. The highest BCUT2D eigenvalue weighted by Crippen LogP contribution is 2.14. The maximum Gasteiger partial charge on any atom is 0.0366 e. The van der Waals surface area contributed by atoms with E-state index in [4.69, 9.17) is 0 Å². The average Bonchev–Trinajstić information content (AvgIpc) is 2.38. The molecule has 18 heavy (non-hydrogen) atoms. The second kappa shape index (κ2) is 8.98. The number of nitrogens with zero attached hydrogens (tertiary/aromatic N) is 1. The van der Waals surface area contributed by atoms with Crippen molar-refractivity contribution in [1.82, 2.24) is 5.32 Å². The molecular formula is C16H28N2. The Kier molecular flexibility index (Phi) is 7.51. The predicted octanol–water partition coefficient (Wildman–Crippen LogP) is 3.68. The summed E-state index contributed by atoms with van der Waals surface area (Å²) in [5, 5.41) is 3.48. The molecule has 1 aromatic rings. The van der Waals surface area contributed by atoms with Crippen molar-refractivity contribution in [1.29, 1.82) is 0 Å². The summed E-state index contributed by atoms with van der Waals surface area (Å²) in [6, 6.07) is 11.4. The summed E-state index contributed by atoms with van der Waals surface area (Å²) in [7, 11) is 0. The molecule has 0 radical (unpaired) electrons. The van der Waals surface area contributed by atoms with Crippen LogP contribution in [0.15, 0.2) is 30.3 Å². The van der Waals surface area contributed by atoms with Crippen LogP contribution in [-0.2, 0) is 0 Å². The molecule has 2 heteroatoms. The number of anilines is 1. The minimum Gasteiger partial charge on any atom is -0.371 e. The minimum absolute atomic E-state index is 0.589. The third kappa shape index (κ3) is 6.06. The van der Waals surface area contributed by atoms with Crippen LogP contribution in [0.5, 0.6) is 0 Å². The van der Waals surface area contributed by atoms with Gasteiger partial charge >= 0.3 is 0 Å². The lowest BCUT2D eigenvalue weighted by molar-refractivity contribution is 0.562. The second-order valence-corrected chi connectivity index (χ2v) is 5.14. The highest BCUT2D eigenvalue weighted by atomic mass is 15.1. The number of hydrogen-bond donors (Lipinski definition) is 1. The van der Waals surface area contributed by atoms with Crippen LogP contribution < -0.4 is 10.2 Å². The summed E-state index contributed by atoms with van der Waals surface area (Å²) in [5.74, 6) is 0. The summed E-state index contributed by atoms with van der Waals surface area (Å²) in [6.45, 7) is 10.1.